The number of nitro groups is 2. The number of non-ortho nitro benzene ring substituents is 2. The molecule has 0 amide bonds. The van der Waals surface area contributed by atoms with Gasteiger partial charge in [0.1, 0.15) is 6.61 Å². The Bertz CT molecular complexity index is 1240. The summed E-state index contributed by atoms with van der Waals surface area (Å²) in [5.74, 6) is 0.220. The number of rotatable bonds is 7. The van der Waals surface area contributed by atoms with Gasteiger partial charge < -0.3 is 4.74 Å². The van der Waals surface area contributed by atoms with Gasteiger partial charge >= 0.3 is 0 Å². The Morgan fingerprint density at radius 3 is 2.16 bits per heavy atom. The van der Waals surface area contributed by atoms with Gasteiger partial charge in [-0.1, -0.05) is 35.3 Å². The Labute approximate surface area is 192 Å². The van der Waals surface area contributed by atoms with Crippen molar-refractivity contribution in [2.45, 2.75) is 6.61 Å². The zero-order valence-corrected chi connectivity index (χ0v) is 17.7. The average molecular weight is 470 g/mol. The number of hydrogen-bond donors (Lipinski definition) is 0. The summed E-state index contributed by atoms with van der Waals surface area (Å²) < 4.78 is 5.67. The number of allylic oxidation sites excluding steroid dienone is 1. The molecule has 8 nitrogen and oxygen atoms in total. The summed E-state index contributed by atoms with van der Waals surface area (Å²) in [6, 6.07) is 16.7. The maximum absolute atomic E-state index is 11.0. The van der Waals surface area contributed by atoms with Crippen LogP contribution in [0.4, 0.5) is 11.4 Å². The molecule has 3 rings (SSSR count). The molecule has 0 radical (unpaired) electrons. The van der Waals surface area contributed by atoms with Gasteiger partial charge in [0, 0.05) is 24.3 Å². The second kappa shape index (κ2) is 9.92. The highest BCUT2D eigenvalue weighted by atomic mass is 35.5. The monoisotopic (exact) mass is 469 g/mol. The van der Waals surface area contributed by atoms with Gasteiger partial charge in [0.05, 0.1) is 31.5 Å². The first-order valence-electron chi connectivity index (χ1n) is 9.00. The lowest BCUT2D eigenvalue weighted by Crippen LogP contribution is -1.97. The molecule has 0 unspecified atom stereocenters. The van der Waals surface area contributed by atoms with E-state index in [2.05, 4.69) is 0 Å². The van der Waals surface area contributed by atoms with Crippen LogP contribution in [0.15, 0.2) is 60.7 Å². The van der Waals surface area contributed by atoms with E-state index in [0.29, 0.717) is 16.7 Å². The fourth-order valence-corrected chi connectivity index (χ4v) is 3.42. The first-order valence-corrected chi connectivity index (χ1v) is 9.76. The van der Waals surface area contributed by atoms with E-state index in [1.165, 1.54) is 36.4 Å². The molecule has 0 aromatic heterocycles. The molecule has 32 heavy (non-hydrogen) atoms. The number of benzene rings is 3. The smallest absolute Gasteiger partial charge is 0.270 e. The largest absolute Gasteiger partial charge is 0.486 e. The fraction of sp³-hybridized carbons (Fsp3) is 0.0455. The van der Waals surface area contributed by atoms with Crippen LogP contribution in [0.5, 0.6) is 5.75 Å². The van der Waals surface area contributed by atoms with E-state index in [1.54, 1.807) is 30.3 Å². The number of halogens is 2. The standard InChI is InChI=1S/C22H13Cl2N3O5/c23-20-9-15(8-17(12-25)16-2-1-3-19(11-16)27(30)31)10-21(24)22(20)32-13-14-4-6-18(7-5-14)26(28)29/h1-11H,13H2/b17-8-. The number of nitriles is 1. The van der Waals surface area contributed by atoms with E-state index >= 15 is 0 Å². The lowest BCUT2D eigenvalue weighted by molar-refractivity contribution is -0.385. The van der Waals surface area contributed by atoms with Gasteiger partial charge in [0.15, 0.2) is 5.75 Å². The van der Waals surface area contributed by atoms with E-state index in [9.17, 15) is 25.5 Å². The van der Waals surface area contributed by atoms with Crippen LogP contribution in [0.25, 0.3) is 11.6 Å². The zero-order valence-electron chi connectivity index (χ0n) is 16.2. The number of hydrogen-bond acceptors (Lipinski definition) is 6. The quantitative estimate of drug-likeness (QED) is 0.169. The third kappa shape index (κ3) is 5.40. The lowest BCUT2D eigenvalue weighted by Gasteiger charge is -2.11. The molecular formula is C22H13Cl2N3O5. The minimum atomic E-state index is -0.538. The van der Waals surface area contributed by atoms with Crippen LogP contribution in [0.1, 0.15) is 16.7 Å². The first-order chi connectivity index (χ1) is 15.3. The normalized spacial score (nSPS) is 11.0. The Morgan fingerprint density at radius 2 is 1.59 bits per heavy atom. The SMILES string of the molecule is N#C/C(=C/c1cc(Cl)c(OCc2ccc([N+](=O)[O-])cc2)c(Cl)c1)c1cccc([N+](=O)[O-])c1. The molecule has 0 aliphatic rings. The molecule has 3 aromatic rings. The van der Waals surface area contributed by atoms with Crippen molar-refractivity contribution in [1.82, 2.24) is 0 Å². The molecule has 0 saturated heterocycles. The van der Waals surface area contributed by atoms with Crippen molar-refractivity contribution >= 4 is 46.2 Å². The van der Waals surface area contributed by atoms with Crippen molar-refractivity contribution in [3.63, 3.8) is 0 Å². The van der Waals surface area contributed by atoms with Crippen LogP contribution in [-0.2, 0) is 6.61 Å². The van der Waals surface area contributed by atoms with Crippen molar-refractivity contribution in [3.8, 4) is 11.8 Å². The number of nitrogens with zero attached hydrogens (tertiary/aromatic N) is 3. The molecule has 0 heterocycles. The zero-order chi connectivity index (χ0) is 23.3. The second-order valence-electron chi connectivity index (χ2n) is 6.50. The molecule has 10 heteroatoms. The van der Waals surface area contributed by atoms with Crippen LogP contribution in [0.3, 0.4) is 0 Å². The summed E-state index contributed by atoms with van der Waals surface area (Å²) in [6.07, 6.45) is 1.51. The Balaban J connectivity index is 1.83. The van der Waals surface area contributed by atoms with Crippen LogP contribution in [0.2, 0.25) is 10.0 Å². The summed E-state index contributed by atoms with van der Waals surface area (Å²) in [5.41, 5.74) is 1.61. The van der Waals surface area contributed by atoms with Gasteiger partial charge in [-0.25, -0.2) is 0 Å². The Hall–Kier alpha value is -3.93. The first kappa shape index (κ1) is 22.7. The lowest BCUT2D eigenvalue weighted by atomic mass is 10.0. The molecule has 0 aliphatic heterocycles. The highest BCUT2D eigenvalue weighted by molar-refractivity contribution is 6.37. The molecule has 0 saturated carbocycles. The maximum atomic E-state index is 11.0. The van der Waals surface area contributed by atoms with Crippen LogP contribution >= 0.6 is 23.2 Å². The van der Waals surface area contributed by atoms with Crippen LogP contribution < -0.4 is 4.74 Å². The minimum Gasteiger partial charge on any atom is -0.486 e. The van der Waals surface area contributed by atoms with Crippen molar-refractivity contribution < 1.29 is 14.6 Å². The van der Waals surface area contributed by atoms with E-state index in [-0.39, 0.29) is 39.3 Å². The molecule has 0 aliphatic carbocycles. The van der Waals surface area contributed by atoms with Crippen molar-refractivity contribution in [1.29, 1.82) is 5.26 Å². The van der Waals surface area contributed by atoms with Gasteiger partial charge in [0.2, 0.25) is 0 Å². The van der Waals surface area contributed by atoms with Gasteiger partial charge in [-0.05, 0) is 47.0 Å². The highest BCUT2D eigenvalue weighted by Crippen LogP contribution is 2.36. The summed E-state index contributed by atoms with van der Waals surface area (Å²) in [4.78, 5) is 20.7. The molecule has 0 spiro atoms. The maximum Gasteiger partial charge on any atom is 0.270 e. The van der Waals surface area contributed by atoms with E-state index in [0.717, 1.165) is 0 Å². The summed E-state index contributed by atoms with van der Waals surface area (Å²) in [5, 5.41) is 31.6. The van der Waals surface area contributed by atoms with Crippen LogP contribution in [-0.4, -0.2) is 9.85 Å². The highest BCUT2D eigenvalue weighted by Gasteiger charge is 2.13. The molecular weight excluding hydrogens is 457 g/mol. The molecule has 0 bridgehead atoms. The third-order valence-corrected chi connectivity index (χ3v) is 4.91. The summed E-state index contributed by atoms with van der Waals surface area (Å²) >= 11 is 12.6. The fourth-order valence-electron chi connectivity index (χ4n) is 2.80. The van der Waals surface area contributed by atoms with Gasteiger partial charge in [-0.3, -0.25) is 20.2 Å². The number of nitro benzene ring substituents is 2. The van der Waals surface area contributed by atoms with Crippen molar-refractivity contribution in [2.75, 3.05) is 0 Å². The molecule has 3 aromatic carbocycles. The molecule has 160 valence electrons. The number of ether oxygens (including phenoxy) is 1. The third-order valence-electron chi connectivity index (χ3n) is 4.35. The molecule has 0 N–H and O–H groups in total. The van der Waals surface area contributed by atoms with Crippen LogP contribution in [0, 0.1) is 31.6 Å². The van der Waals surface area contributed by atoms with E-state index in [4.69, 9.17) is 27.9 Å². The van der Waals surface area contributed by atoms with E-state index in [1.807, 2.05) is 6.07 Å². The second-order valence-corrected chi connectivity index (χ2v) is 7.32. The van der Waals surface area contributed by atoms with Gasteiger partial charge in [-0.2, -0.15) is 5.26 Å². The Morgan fingerprint density at radius 1 is 0.969 bits per heavy atom. The molecule has 0 fully saturated rings. The topological polar surface area (TPSA) is 119 Å². The van der Waals surface area contributed by atoms with Gasteiger partial charge in [0.25, 0.3) is 11.4 Å². The predicted molar refractivity (Wildman–Crippen MR) is 120 cm³/mol. The van der Waals surface area contributed by atoms with Gasteiger partial charge in [-0.15, -0.1) is 0 Å². The van der Waals surface area contributed by atoms with Crippen molar-refractivity contribution in [3.05, 3.63) is 108 Å². The average Bonchev–Trinajstić information content (AvgIpc) is 2.77. The summed E-state index contributed by atoms with van der Waals surface area (Å²) in [7, 11) is 0. The molecule has 0 atom stereocenters. The van der Waals surface area contributed by atoms with E-state index < -0.39 is 9.85 Å². The Kier molecular flexibility index (Phi) is 7.05. The summed E-state index contributed by atoms with van der Waals surface area (Å²) in [6.45, 7) is 0.0871. The van der Waals surface area contributed by atoms with Crippen molar-refractivity contribution in [2.24, 2.45) is 0 Å². The predicted octanol–water partition coefficient (Wildman–Crippen LogP) is 6.45. The minimum absolute atomic E-state index is 0.0296.